The lowest BCUT2D eigenvalue weighted by molar-refractivity contribution is 0.415. The van der Waals surface area contributed by atoms with Crippen molar-refractivity contribution < 1.29 is 4.74 Å². The van der Waals surface area contributed by atoms with Gasteiger partial charge in [-0.05, 0) is 48.5 Å². The van der Waals surface area contributed by atoms with Gasteiger partial charge in [-0.3, -0.25) is 5.10 Å². The minimum absolute atomic E-state index is 0.515. The van der Waals surface area contributed by atoms with Gasteiger partial charge in [-0.25, -0.2) is 0 Å². The van der Waals surface area contributed by atoms with Crippen LogP contribution < -0.4 is 4.74 Å². The van der Waals surface area contributed by atoms with Crippen LogP contribution in [0.1, 0.15) is 31.2 Å². The summed E-state index contributed by atoms with van der Waals surface area (Å²) in [5, 5.41) is 11.4. The molecule has 0 fully saturated rings. The molecule has 0 aliphatic rings. The quantitative estimate of drug-likeness (QED) is 0.656. The van der Waals surface area contributed by atoms with Crippen LogP contribution in [0, 0.1) is 4.77 Å². The van der Waals surface area contributed by atoms with Gasteiger partial charge in [-0.15, -0.1) is 0 Å². The highest BCUT2D eigenvalue weighted by Crippen LogP contribution is 2.10. The lowest BCUT2D eigenvalue weighted by Gasteiger charge is -2.00. The first-order valence-electron chi connectivity index (χ1n) is 6.59. The van der Waals surface area contributed by atoms with Crippen LogP contribution in [-0.4, -0.2) is 28.2 Å². The number of aromatic nitrogens is 3. The number of hydrogen-bond donors (Lipinski definition) is 1. The number of ether oxygens (including phenoxy) is 1. The number of unbranched alkanes of at least 4 members (excludes halogenated alkanes) is 1. The van der Waals surface area contributed by atoms with E-state index in [1.54, 1.807) is 18.0 Å². The summed E-state index contributed by atoms with van der Waals surface area (Å²) in [7, 11) is 1.65. The Morgan fingerprint density at radius 2 is 2.15 bits per heavy atom. The Labute approximate surface area is 123 Å². The molecule has 2 rings (SSSR count). The van der Waals surface area contributed by atoms with E-state index in [1.165, 1.54) is 0 Å². The fourth-order valence-corrected chi connectivity index (χ4v) is 1.95. The maximum absolute atomic E-state index is 5.19. The van der Waals surface area contributed by atoms with Crippen molar-refractivity contribution in [2.45, 2.75) is 26.2 Å². The van der Waals surface area contributed by atoms with Crippen LogP contribution in [0.25, 0.3) is 0 Å². The number of hydrogen-bond acceptors (Lipinski definition) is 4. The first-order valence-corrected chi connectivity index (χ1v) is 7.00. The normalized spacial score (nSPS) is 11.1. The zero-order chi connectivity index (χ0) is 14.4. The minimum atomic E-state index is 0.515. The number of nitrogens with zero attached hydrogens (tertiary/aromatic N) is 3. The van der Waals surface area contributed by atoms with Crippen LogP contribution in [0.5, 0.6) is 5.75 Å². The van der Waals surface area contributed by atoms with Crippen molar-refractivity contribution in [3.05, 3.63) is 40.4 Å². The summed E-state index contributed by atoms with van der Waals surface area (Å²) in [5.41, 5.74) is 0.982. The Hall–Kier alpha value is -1.95. The van der Waals surface area contributed by atoms with Crippen LogP contribution in [0.2, 0.25) is 0 Å². The van der Waals surface area contributed by atoms with Gasteiger partial charge in [0.05, 0.1) is 13.3 Å². The van der Waals surface area contributed by atoms with Gasteiger partial charge in [-0.1, -0.05) is 13.3 Å². The molecule has 0 aliphatic heterocycles. The lowest BCUT2D eigenvalue weighted by atomic mass is 10.2. The average Bonchev–Trinajstić information content (AvgIpc) is 2.84. The molecule has 1 N–H and O–H groups in total. The van der Waals surface area contributed by atoms with E-state index in [1.807, 2.05) is 24.3 Å². The Balaban J connectivity index is 2.17. The van der Waals surface area contributed by atoms with E-state index in [2.05, 4.69) is 22.2 Å². The van der Waals surface area contributed by atoms with E-state index in [0.29, 0.717) is 4.77 Å². The van der Waals surface area contributed by atoms with Crippen LogP contribution in [0.15, 0.2) is 29.4 Å². The number of aryl methyl sites for hydroxylation is 1. The number of H-pyrrole nitrogens is 1. The maximum atomic E-state index is 5.19. The van der Waals surface area contributed by atoms with Gasteiger partial charge in [0.15, 0.2) is 5.82 Å². The first kappa shape index (κ1) is 14.5. The fourth-order valence-electron chi connectivity index (χ4n) is 1.75. The molecule has 0 saturated heterocycles. The molecule has 0 aliphatic carbocycles. The SMILES string of the molecule is CCCCc1n[nH]c(=S)n1/N=C/c1ccc(OC)cc1. The van der Waals surface area contributed by atoms with Crippen LogP contribution in [0.3, 0.4) is 0 Å². The molecule has 0 spiro atoms. The number of aromatic amines is 1. The van der Waals surface area contributed by atoms with Gasteiger partial charge in [0, 0.05) is 6.42 Å². The van der Waals surface area contributed by atoms with E-state index in [4.69, 9.17) is 17.0 Å². The average molecular weight is 290 g/mol. The summed E-state index contributed by atoms with van der Waals surface area (Å²) < 4.78 is 7.31. The van der Waals surface area contributed by atoms with E-state index in [9.17, 15) is 0 Å². The van der Waals surface area contributed by atoms with Gasteiger partial charge in [0.1, 0.15) is 5.75 Å². The fraction of sp³-hybridized carbons (Fsp3) is 0.357. The van der Waals surface area contributed by atoms with Gasteiger partial charge < -0.3 is 4.74 Å². The molecule has 6 heteroatoms. The maximum Gasteiger partial charge on any atom is 0.216 e. The van der Waals surface area contributed by atoms with Gasteiger partial charge in [0.25, 0.3) is 0 Å². The van der Waals surface area contributed by atoms with Crippen molar-refractivity contribution in [2.75, 3.05) is 7.11 Å². The molecule has 0 unspecified atom stereocenters. The van der Waals surface area contributed by atoms with Crippen molar-refractivity contribution >= 4 is 18.4 Å². The molecule has 0 radical (unpaired) electrons. The van der Waals surface area contributed by atoms with Gasteiger partial charge in [0.2, 0.25) is 4.77 Å². The van der Waals surface area contributed by atoms with Gasteiger partial charge in [-0.2, -0.15) is 14.9 Å². The van der Waals surface area contributed by atoms with E-state index >= 15 is 0 Å². The lowest BCUT2D eigenvalue weighted by Crippen LogP contribution is -1.99. The second kappa shape index (κ2) is 7.00. The van der Waals surface area contributed by atoms with Crippen LogP contribution >= 0.6 is 12.2 Å². The summed E-state index contributed by atoms with van der Waals surface area (Å²) >= 11 is 5.19. The molecule has 0 atom stereocenters. The summed E-state index contributed by atoms with van der Waals surface area (Å²) in [6.07, 6.45) is 4.81. The number of methoxy groups -OCH3 is 1. The van der Waals surface area contributed by atoms with Gasteiger partial charge >= 0.3 is 0 Å². The molecule has 1 aromatic heterocycles. The summed E-state index contributed by atoms with van der Waals surface area (Å²) in [4.78, 5) is 0. The Morgan fingerprint density at radius 3 is 2.80 bits per heavy atom. The highest BCUT2D eigenvalue weighted by atomic mass is 32.1. The van der Waals surface area contributed by atoms with Crippen LogP contribution in [-0.2, 0) is 6.42 Å². The van der Waals surface area contributed by atoms with Crippen molar-refractivity contribution in [1.29, 1.82) is 0 Å². The molecule has 0 saturated carbocycles. The van der Waals surface area contributed by atoms with E-state index in [0.717, 1.165) is 36.4 Å². The molecule has 0 amide bonds. The second-order valence-electron chi connectivity index (χ2n) is 4.38. The third-order valence-electron chi connectivity index (χ3n) is 2.91. The largest absolute Gasteiger partial charge is 0.497 e. The summed E-state index contributed by atoms with van der Waals surface area (Å²) in [5.74, 6) is 1.69. The van der Waals surface area contributed by atoms with Crippen molar-refractivity contribution in [3.63, 3.8) is 0 Å². The van der Waals surface area contributed by atoms with E-state index < -0.39 is 0 Å². The van der Waals surface area contributed by atoms with Crippen molar-refractivity contribution in [1.82, 2.24) is 14.9 Å². The molecule has 1 heterocycles. The molecule has 5 nitrogen and oxygen atoms in total. The molecule has 0 bridgehead atoms. The summed E-state index contributed by atoms with van der Waals surface area (Å²) in [6, 6.07) is 7.68. The molecular weight excluding hydrogens is 272 g/mol. The monoisotopic (exact) mass is 290 g/mol. The predicted molar refractivity (Wildman–Crippen MR) is 82.0 cm³/mol. The van der Waals surface area contributed by atoms with Crippen molar-refractivity contribution in [3.8, 4) is 5.75 Å². The Kier molecular flexibility index (Phi) is 5.06. The zero-order valence-electron chi connectivity index (χ0n) is 11.7. The first-order chi connectivity index (χ1) is 9.74. The molecule has 1 aromatic carbocycles. The van der Waals surface area contributed by atoms with Crippen LogP contribution in [0.4, 0.5) is 0 Å². The smallest absolute Gasteiger partial charge is 0.216 e. The number of benzene rings is 1. The standard InChI is InChI=1S/C14H18N4OS/c1-3-4-5-13-16-17-14(20)18(13)15-10-11-6-8-12(19-2)9-7-11/h6-10H,3-5H2,1-2H3,(H,17,20)/b15-10+. The topological polar surface area (TPSA) is 55.2 Å². The molecular formula is C14H18N4OS. The third kappa shape index (κ3) is 3.54. The van der Waals surface area contributed by atoms with Crippen molar-refractivity contribution in [2.24, 2.45) is 5.10 Å². The number of rotatable bonds is 6. The predicted octanol–water partition coefficient (Wildman–Crippen LogP) is 3.17. The highest BCUT2D eigenvalue weighted by molar-refractivity contribution is 7.71. The second-order valence-corrected chi connectivity index (χ2v) is 4.76. The minimum Gasteiger partial charge on any atom is -0.497 e. The summed E-state index contributed by atoms with van der Waals surface area (Å²) in [6.45, 7) is 2.15. The van der Waals surface area contributed by atoms with E-state index in [-0.39, 0.29) is 0 Å². The Bertz CT molecular complexity index is 627. The molecule has 106 valence electrons. The third-order valence-corrected chi connectivity index (χ3v) is 3.17. The zero-order valence-corrected chi connectivity index (χ0v) is 12.5. The molecule has 20 heavy (non-hydrogen) atoms. The number of nitrogens with one attached hydrogen (secondary N) is 1. The Morgan fingerprint density at radius 1 is 1.40 bits per heavy atom. The highest BCUT2D eigenvalue weighted by Gasteiger charge is 2.03. The molecule has 2 aromatic rings.